The maximum absolute atomic E-state index is 14.7. The van der Waals surface area contributed by atoms with Gasteiger partial charge in [-0.25, -0.2) is 14.0 Å². The molecule has 0 bridgehead atoms. The Bertz CT molecular complexity index is 1540. The zero-order valence-corrected chi connectivity index (χ0v) is 28.2. The minimum atomic E-state index is -6.39. The highest BCUT2D eigenvalue weighted by atomic mass is 19.4. The Balaban J connectivity index is 1.36. The Hall–Kier alpha value is -4.20. The molecule has 0 aliphatic carbocycles. The molecule has 1 atom stereocenters. The van der Waals surface area contributed by atoms with Crippen molar-refractivity contribution in [3.8, 4) is 22.6 Å². The number of alkyl halides is 7. The molecule has 0 fully saturated rings. The number of ether oxygens (including phenoxy) is 4. The van der Waals surface area contributed by atoms with Crippen molar-refractivity contribution in [2.75, 3.05) is 19.8 Å². The van der Waals surface area contributed by atoms with E-state index in [0.717, 1.165) is 36.5 Å². The highest BCUT2D eigenvalue weighted by molar-refractivity contribution is 5.92. The summed E-state index contributed by atoms with van der Waals surface area (Å²) in [5, 5.41) is 0. The van der Waals surface area contributed by atoms with Gasteiger partial charge in [0, 0.05) is 12.7 Å². The van der Waals surface area contributed by atoms with Gasteiger partial charge in [0.05, 0.1) is 23.8 Å². The molecule has 1 unspecified atom stereocenters. The van der Waals surface area contributed by atoms with Crippen LogP contribution in [0.1, 0.15) is 85.9 Å². The predicted molar refractivity (Wildman–Crippen MR) is 173 cm³/mol. The van der Waals surface area contributed by atoms with Gasteiger partial charge in [-0.15, -0.1) is 0 Å². The van der Waals surface area contributed by atoms with Gasteiger partial charge in [0.15, 0.2) is 0 Å². The van der Waals surface area contributed by atoms with E-state index in [-0.39, 0.29) is 42.2 Å². The Morgan fingerprint density at radius 2 is 1.27 bits per heavy atom. The quantitative estimate of drug-likeness (QED) is 0.0499. The topological polar surface area (TPSA) is 71.1 Å². The fourth-order valence-electron chi connectivity index (χ4n) is 4.75. The Morgan fingerprint density at radius 1 is 0.706 bits per heavy atom. The molecular weight excluding hydrogens is 692 g/mol. The van der Waals surface area contributed by atoms with Crippen LogP contribution in [0.15, 0.2) is 66.7 Å². The number of benzene rings is 3. The second-order valence-electron chi connectivity index (χ2n) is 11.9. The van der Waals surface area contributed by atoms with Crippen molar-refractivity contribution < 1.29 is 63.7 Å². The van der Waals surface area contributed by atoms with Crippen molar-refractivity contribution in [2.45, 2.75) is 89.3 Å². The Kier molecular flexibility index (Phi) is 15.3. The zero-order valence-electron chi connectivity index (χ0n) is 28.2. The second kappa shape index (κ2) is 18.9. The molecule has 3 rings (SSSR count). The van der Waals surface area contributed by atoms with Gasteiger partial charge in [-0.2, -0.15) is 30.7 Å². The molecule has 0 amide bonds. The molecule has 0 radical (unpaired) electrons. The van der Waals surface area contributed by atoms with Crippen LogP contribution in [0.2, 0.25) is 0 Å². The van der Waals surface area contributed by atoms with E-state index in [4.69, 9.17) is 14.2 Å². The van der Waals surface area contributed by atoms with Crippen LogP contribution >= 0.6 is 0 Å². The lowest BCUT2D eigenvalue weighted by Crippen LogP contribution is -2.54. The molecule has 0 aromatic heterocycles. The van der Waals surface area contributed by atoms with E-state index < -0.39 is 43.0 Å². The largest absolute Gasteiger partial charge is 0.493 e. The SMILES string of the molecule is CCCCC(C)OC(=O)c1ccc(-c2ccc(OC(=O)c3ccc(OCCCCCCCOCC(F)(F)C(F)(F)C(F)(F)F)cc3F)cc2)cc1. The molecule has 0 aliphatic heterocycles. The summed E-state index contributed by atoms with van der Waals surface area (Å²) in [6.45, 7) is 1.67. The van der Waals surface area contributed by atoms with E-state index >= 15 is 0 Å². The molecule has 6 nitrogen and oxygen atoms in total. The van der Waals surface area contributed by atoms with Crippen LogP contribution in [0.5, 0.6) is 11.5 Å². The van der Waals surface area contributed by atoms with Crippen molar-refractivity contribution in [3.05, 3.63) is 83.7 Å². The van der Waals surface area contributed by atoms with Crippen LogP contribution < -0.4 is 9.47 Å². The van der Waals surface area contributed by atoms with Gasteiger partial charge in [-0.05, 0) is 73.7 Å². The monoisotopic (exact) mass is 732 g/mol. The van der Waals surface area contributed by atoms with Gasteiger partial charge in [-0.1, -0.05) is 63.3 Å². The molecular formula is C37H40F8O6. The lowest BCUT2D eigenvalue weighted by Gasteiger charge is -2.27. The highest BCUT2D eigenvalue weighted by Crippen LogP contribution is 2.46. The van der Waals surface area contributed by atoms with Crippen molar-refractivity contribution in [1.82, 2.24) is 0 Å². The fraction of sp³-hybridized carbons (Fsp3) is 0.459. The van der Waals surface area contributed by atoms with Crippen LogP contribution in [0.4, 0.5) is 35.1 Å². The first-order chi connectivity index (χ1) is 24.1. The molecule has 0 N–H and O–H groups in total. The first-order valence-corrected chi connectivity index (χ1v) is 16.5. The van der Waals surface area contributed by atoms with Gasteiger partial charge < -0.3 is 18.9 Å². The van der Waals surface area contributed by atoms with E-state index in [0.29, 0.717) is 31.2 Å². The average molecular weight is 733 g/mol. The van der Waals surface area contributed by atoms with E-state index in [9.17, 15) is 44.7 Å². The zero-order chi connectivity index (χ0) is 37.7. The first kappa shape index (κ1) is 41.2. The van der Waals surface area contributed by atoms with Crippen molar-refractivity contribution in [1.29, 1.82) is 0 Å². The van der Waals surface area contributed by atoms with Gasteiger partial charge in [0.2, 0.25) is 0 Å². The number of carbonyl (C=O) groups excluding carboxylic acids is 2. The smallest absolute Gasteiger partial charge is 0.459 e. The van der Waals surface area contributed by atoms with E-state index in [1.807, 2.05) is 6.92 Å². The number of halogens is 8. The van der Waals surface area contributed by atoms with E-state index in [2.05, 4.69) is 11.7 Å². The standard InChI is InChI=1S/C37H40F8O6/c1-3-4-10-25(2)50-33(46)28-13-11-26(12-14-28)27-15-17-29(18-16-27)51-34(47)31-20-19-30(23-32(31)38)49-22-9-7-5-6-8-21-48-24-35(39,40)36(41,42)37(43,44)45/h11-20,23,25H,3-10,21-22,24H2,1-2H3. The third kappa shape index (κ3) is 12.2. The maximum atomic E-state index is 14.7. The van der Waals surface area contributed by atoms with Gasteiger partial charge in [0.25, 0.3) is 0 Å². The van der Waals surface area contributed by atoms with Crippen LogP contribution in [0.25, 0.3) is 11.1 Å². The van der Waals surface area contributed by atoms with Crippen LogP contribution in [0, 0.1) is 5.82 Å². The number of unbranched alkanes of at least 4 members (excludes halogenated alkanes) is 5. The summed E-state index contributed by atoms with van der Waals surface area (Å²) in [7, 11) is 0. The summed E-state index contributed by atoms with van der Waals surface area (Å²) in [5.41, 5.74) is 1.75. The molecule has 51 heavy (non-hydrogen) atoms. The summed E-state index contributed by atoms with van der Waals surface area (Å²) in [5.74, 6) is -13.4. The van der Waals surface area contributed by atoms with Crippen LogP contribution in [-0.4, -0.2) is 55.9 Å². The van der Waals surface area contributed by atoms with Crippen molar-refractivity contribution in [2.24, 2.45) is 0 Å². The summed E-state index contributed by atoms with van der Waals surface area (Å²) in [6, 6.07) is 17.2. The van der Waals surface area contributed by atoms with Crippen molar-refractivity contribution >= 4 is 11.9 Å². The Labute approximate surface area is 291 Å². The average Bonchev–Trinajstić information content (AvgIpc) is 3.08. The summed E-state index contributed by atoms with van der Waals surface area (Å²) < 4.78 is 124. The van der Waals surface area contributed by atoms with Gasteiger partial charge in [-0.3, -0.25) is 0 Å². The number of hydrogen-bond donors (Lipinski definition) is 0. The molecule has 0 aliphatic rings. The Morgan fingerprint density at radius 3 is 1.86 bits per heavy atom. The van der Waals surface area contributed by atoms with E-state index in [1.165, 1.54) is 12.1 Å². The number of hydrogen-bond acceptors (Lipinski definition) is 6. The molecule has 3 aromatic carbocycles. The highest BCUT2D eigenvalue weighted by Gasteiger charge is 2.72. The van der Waals surface area contributed by atoms with Crippen molar-refractivity contribution in [3.63, 3.8) is 0 Å². The molecule has 0 saturated carbocycles. The molecule has 0 spiro atoms. The maximum Gasteiger partial charge on any atom is 0.459 e. The molecule has 0 saturated heterocycles. The summed E-state index contributed by atoms with van der Waals surface area (Å²) >= 11 is 0. The lowest BCUT2D eigenvalue weighted by molar-refractivity contribution is -0.361. The normalized spacial score (nSPS) is 12.7. The first-order valence-electron chi connectivity index (χ1n) is 16.5. The van der Waals surface area contributed by atoms with E-state index in [1.54, 1.807) is 48.5 Å². The molecule has 0 heterocycles. The van der Waals surface area contributed by atoms with Crippen LogP contribution in [0.3, 0.4) is 0 Å². The van der Waals surface area contributed by atoms with Crippen LogP contribution in [-0.2, 0) is 9.47 Å². The molecule has 14 heteroatoms. The third-order valence-corrected chi connectivity index (χ3v) is 7.75. The third-order valence-electron chi connectivity index (χ3n) is 7.75. The minimum absolute atomic E-state index is 0.167. The number of rotatable bonds is 20. The minimum Gasteiger partial charge on any atom is -0.493 e. The van der Waals surface area contributed by atoms with Gasteiger partial charge >= 0.3 is 30.0 Å². The predicted octanol–water partition coefficient (Wildman–Crippen LogP) is 10.6. The molecule has 3 aromatic rings. The number of carbonyl (C=O) groups is 2. The summed E-state index contributed by atoms with van der Waals surface area (Å²) in [4.78, 5) is 25.0. The lowest BCUT2D eigenvalue weighted by atomic mass is 10.0. The second-order valence-corrected chi connectivity index (χ2v) is 11.9. The summed E-state index contributed by atoms with van der Waals surface area (Å²) in [6.07, 6.45) is -1.44. The van der Waals surface area contributed by atoms with Gasteiger partial charge in [0.1, 0.15) is 23.9 Å². The molecule has 280 valence electrons. The fourth-order valence-corrected chi connectivity index (χ4v) is 4.75. The number of esters is 2.